The molecule has 98 valence electrons. The molecule has 2 atom stereocenters. The highest BCUT2D eigenvalue weighted by atomic mass is 15.2. The molecule has 0 aromatic heterocycles. The smallest absolute Gasteiger partial charge is 0.0115 e. The third-order valence-corrected chi connectivity index (χ3v) is 3.67. The lowest BCUT2D eigenvalue weighted by Gasteiger charge is -2.39. The van der Waals surface area contributed by atoms with Gasteiger partial charge >= 0.3 is 0 Å². The molecule has 2 unspecified atom stereocenters. The highest BCUT2D eigenvalue weighted by Gasteiger charge is 2.26. The van der Waals surface area contributed by atoms with E-state index in [1.54, 1.807) is 0 Å². The van der Waals surface area contributed by atoms with Crippen molar-refractivity contribution in [2.75, 3.05) is 13.6 Å². The molecule has 16 heavy (non-hydrogen) atoms. The van der Waals surface area contributed by atoms with Crippen LogP contribution in [0.5, 0.6) is 0 Å². The molecule has 0 bridgehead atoms. The number of nitrogens with one attached hydrogen (secondary N) is 1. The molecule has 0 aliphatic carbocycles. The first-order valence-electron chi connectivity index (χ1n) is 6.61. The molecule has 0 fully saturated rings. The first kappa shape index (κ1) is 15.9. The Bertz CT molecular complexity index is 182. The molecule has 2 heteroatoms. The second-order valence-electron chi connectivity index (χ2n) is 6.45. The summed E-state index contributed by atoms with van der Waals surface area (Å²) in [5.41, 5.74) is 0.356. The van der Waals surface area contributed by atoms with E-state index in [0.717, 1.165) is 6.54 Å². The first-order chi connectivity index (χ1) is 7.16. The van der Waals surface area contributed by atoms with Gasteiger partial charge in [0.05, 0.1) is 0 Å². The van der Waals surface area contributed by atoms with Gasteiger partial charge in [-0.3, -0.25) is 0 Å². The van der Waals surface area contributed by atoms with Gasteiger partial charge in [-0.05, 0) is 39.3 Å². The molecule has 0 saturated heterocycles. The highest BCUT2D eigenvalue weighted by molar-refractivity contribution is 4.80. The molecule has 0 heterocycles. The molecule has 0 rings (SSSR count). The summed E-state index contributed by atoms with van der Waals surface area (Å²) in [6, 6.07) is 1.85. The van der Waals surface area contributed by atoms with Crippen molar-refractivity contribution in [3.05, 3.63) is 0 Å². The van der Waals surface area contributed by atoms with E-state index in [1.165, 1.54) is 6.42 Å². The standard InChI is InChI=1S/C14H32N2/c1-11(2)15-10-9-12(3)16(8)13(4)14(5,6)7/h11-13,15H,9-10H2,1-8H3. The van der Waals surface area contributed by atoms with Gasteiger partial charge in [0.1, 0.15) is 0 Å². The molecular weight excluding hydrogens is 196 g/mol. The maximum Gasteiger partial charge on any atom is 0.0115 e. The van der Waals surface area contributed by atoms with E-state index in [9.17, 15) is 0 Å². The fourth-order valence-electron chi connectivity index (χ4n) is 1.78. The van der Waals surface area contributed by atoms with Gasteiger partial charge in [0.25, 0.3) is 0 Å². The van der Waals surface area contributed by atoms with Crippen molar-refractivity contribution in [2.24, 2.45) is 5.41 Å². The van der Waals surface area contributed by atoms with Gasteiger partial charge in [0.15, 0.2) is 0 Å². The first-order valence-corrected chi connectivity index (χ1v) is 6.61. The van der Waals surface area contributed by atoms with Crippen LogP contribution in [0.25, 0.3) is 0 Å². The summed E-state index contributed by atoms with van der Waals surface area (Å²) in [4.78, 5) is 2.50. The van der Waals surface area contributed by atoms with Gasteiger partial charge in [-0.15, -0.1) is 0 Å². The van der Waals surface area contributed by atoms with Crippen LogP contribution in [0.4, 0.5) is 0 Å². The predicted octanol–water partition coefficient (Wildman–Crippen LogP) is 3.13. The van der Waals surface area contributed by atoms with E-state index < -0.39 is 0 Å². The SMILES string of the molecule is CC(C)NCCC(C)N(C)C(C)C(C)(C)C. The van der Waals surface area contributed by atoms with E-state index in [-0.39, 0.29) is 0 Å². The predicted molar refractivity (Wildman–Crippen MR) is 73.9 cm³/mol. The molecule has 0 aromatic rings. The van der Waals surface area contributed by atoms with Gasteiger partial charge < -0.3 is 10.2 Å². The number of hydrogen-bond acceptors (Lipinski definition) is 2. The molecule has 1 N–H and O–H groups in total. The van der Waals surface area contributed by atoms with Crippen LogP contribution in [-0.2, 0) is 0 Å². The Morgan fingerprint density at radius 2 is 1.56 bits per heavy atom. The van der Waals surface area contributed by atoms with E-state index >= 15 is 0 Å². The third-order valence-electron chi connectivity index (χ3n) is 3.67. The summed E-state index contributed by atoms with van der Waals surface area (Å²) in [7, 11) is 2.25. The lowest BCUT2D eigenvalue weighted by atomic mass is 9.86. The van der Waals surface area contributed by atoms with Crippen molar-refractivity contribution in [3.8, 4) is 0 Å². The van der Waals surface area contributed by atoms with Crippen LogP contribution in [0.1, 0.15) is 54.9 Å². The minimum absolute atomic E-state index is 0.356. The average molecular weight is 228 g/mol. The van der Waals surface area contributed by atoms with E-state index in [4.69, 9.17) is 0 Å². The maximum atomic E-state index is 3.48. The summed E-state index contributed by atoms with van der Waals surface area (Å²) >= 11 is 0. The molecule has 2 nitrogen and oxygen atoms in total. The molecule has 0 spiro atoms. The molecular formula is C14H32N2. The second kappa shape index (κ2) is 6.61. The van der Waals surface area contributed by atoms with Gasteiger partial charge in [-0.2, -0.15) is 0 Å². The zero-order valence-electron chi connectivity index (χ0n) is 12.6. The normalized spacial score (nSPS) is 16.9. The molecule has 0 radical (unpaired) electrons. The van der Waals surface area contributed by atoms with Crippen molar-refractivity contribution in [3.63, 3.8) is 0 Å². The van der Waals surface area contributed by atoms with Gasteiger partial charge in [0, 0.05) is 18.1 Å². The van der Waals surface area contributed by atoms with Crippen LogP contribution in [0.15, 0.2) is 0 Å². The Labute approximate surface area is 103 Å². The van der Waals surface area contributed by atoms with Crippen molar-refractivity contribution >= 4 is 0 Å². The molecule has 0 amide bonds. The summed E-state index contributed by atoms with van der Waals surface area (Å²) < 4.78 is 0. The number of rotatable bonds is 6. The molecule has 0 saturated carbocycles. The highest BCUT2D eigenvalue weighted by Crippen LogP contribution is 2.24. The van der Waals surface area contributed by atoms with E-state index in [1.807, 2.05) is 0 Å². The summed E-state index contributed by atoms with van der Waals surface area (Å²) in [6.07, 6.45) is 1.22. The molecule has 0 aromatic carbocycles. The quantitative estimate of drug-likeness (QED) is 0.751. The maximum absolute atomic E-state index is 3.48. The number of hydrogen-bond donors (Lipinski definition) is 1. The van der Waals surface area contributed by atoms with Crippen molar-refractivity contribution in [2.45, 2.75) is 73.0 Å². The van der Waals surface area contributed by atoms with E-state index in [0.29, 0.717) is 23.5 Å². The Morgan fingerprint density at radius 3 is 1.94 bits per heavy atom. The van der Waals surface area contributed by atoms with Crippen molar-refractivity contribution in [1.82, 2.24) is 10.2 Å². The Hall–Kier alpha value is -0.0800. The monoisotopic (exact) mass is 228 g/mol. The van der Waals surface area contributed by atoms with Crippen LogP contribution in [0.3, 0.4) is 0 Å². The zero-order chi connectivity index (χ0) is 12.9. The topological polar surface area (TPSA) is 15.3 Å². The van der Waals surface area contributed by atoms with Crippen LogP contribution >= 0.6 is 0 Å². The fraction of sp³-hybridized carbons (Fsp3) is 1.00. The summed E-state index contributed by atoms with van der Waals surface area (Å²) in [5, 5.41) is 3.48. The van der Waals surface area contributed by atoms with Crippen LogP contribution in [-0.4, -0.2) is 36.6 Å². The zero-order valence-corrected chi connectivity index (χ0v) is 12.6. The minimum Gasteiger partial charge on any atom is -0.314 e. The largest absolute Gasteiger partial charge is 0.314 e. The van der Waals surface area contributed by atoms with E-state index in [2.05, 4.69) is 65.7 Å². The Balaban J connectivity index is 4.03. The summed E-state index contributed by atoms with van der Waals surface area (Å²) in [5.74, 6) is 0. The fourth-order valence-corrected chi connectivity index (χ4v) is 1.78. The third kappa shape index (κ3) is 5.86. The average Bonchev–Trinajstić information content (AvgIpc) is 2.13. The minimum atomic E-state index is 0.356. The Morgan fingerprint density at radius 1 is 1.06 bits per heavy atom. The van der Waals surface area contributed by atoms with Crippen LogP contribution in [0, 0.1) is 5.41 Å². The number of nitrogens with zero attached hydrogens (tertiary/aromatic N) is 1. The lowest BCUT2D eigenvalue weighted by molar-refractivity contribution is 0.100. The summed E-state index contributed by atoms with van der Waals surface area (Å²) in [6.45, 7) is 17.1. The Kier molecular flexibility index (Phi) is 6.57. The molecule has 0 aliphatic heterocycles. The second-order valence-corrected chi connectivity index (χ2v) is 6.45. The van der Waals surface area contributed by atoms with Gasteiger partial charge in [-0.1, -0.05) is 34.6 Å². The molecule has 0 aliphatic rings. The van der Waals surface area contributed by atoms with Gasteiger partial charge in [0.2, 0.25) is 0 Å². The van der Waals surface area contributed by atoms with Crippen LogP contribution in [0.2, 0.25) is 0 Å². The van der Waals surface area contributed by atoms with Crippen LogP contribution < -0.4 is 5.32 Å². The van der Waals surface area contributed by atoms with Crippen molar-refractivity contribution < 1.29 is 0 Å². The van der Waals surface area contributed by atoms with Crippen molar-refractivity contribution in [1.29, 1.82) is 0 Å². The lowest BCUT2D eigenvalue weighted by Crippen LogP contribution is -2.45. The van der Waals surface area contributed by atoms with Gasteiger partial charge in [-0.25, -0.2) is 0 Å².